The molecule has 28 heavy (non-hydrogen) atoms. The Morgan fingerprint density at radius 1 is 0.786 bits per heavy atom. The molecule has 3 heterocycles. The quantitative estimate of drug-likeness (QED) is 0.711. The van der Waals surface area contributed by atoms with Crippen LogP contribution in [-0.4, -0.2) is 34.5 Å². The summed E-state index contributed by atoms with van der Waals surface area (Å²) < 4.78 is 3.20. The number of nitrogen functional groups attached to an aromatic ring is 2. The Morgan fingerprint density at radius 2 is 1.29 bits per heavy atom. The maximum Gasteiger partial charge on any atom is 0.259 e. The van der Waals surface area contributed by atoms with E-state index in [-0.39, 0.29) is 22.7 Å². The molecule has 0 radical (unpaired) electrons. The van der Waals surface area contributed by atoms with Gasteiger partial charge in [0.25, 0.3) is 11.9 Å². The van der Waals surface area contributed by atoms with E-state index in [4.69, 9.17) is 16.6 Å². The Bertz CT molecular complexity index is 1000. The van der Waals surface area contributed by atoms with Gasteiger partial charge < -0.3 is 11.5 Å². The molecule has 0 saturated carbocycles. The Kier molecular flexibility index (Phi) is 4.64. The molecule has 4 N–H and O–H groups in total. The van der Waals surface area contributed by atoms with Gasteiger partial charge in [-0.1, -0.05) is 48.5 Å². The second-order valence-electron chi connectivity index (χ2n) is 8.95. The monoisotopic (exact) mass is 383 g/mol. The summed E-state index contributed by atoms with van der Waals surface area (Å²) in [6.07, 6.45) is 0.780. The molecular formula is C19H29N9. The van der Waals surface area contributed by atoms with Gasteiger partial charge in [-0.3, -0.25) is 0 Å². The van der Waals surface area contributed by atoms with Crippen LogP contribution in [0.1, 0.15) is 65.5 Å². The molecule has 0 atom stereocenters. The number of rotatable bonds is 3. The van der Waals surface area contributed by atoms with Crippen molar-refractivity contribution < 1.29 is 0 Å². The van der Waals surface area contributed by atoms with Crippen LogP contribution in [-0.2, 0) is 17.3 Å². The molecule has 9 nitrogen and oxygen atoms in total. The van der Waals surface area contributed by atoms with Crippen molar-refractivity contribution in [3.8, 4) is 11.9 Å². The zero-order chi connectivity index (χ0) is 20.9. The van der Waals surface area contributed by atoms with Crippen LogP contribution in [0.5, 0.6) is 0 Å². The van der Waals surface area contributed by atoms with Gasteiger partial charge in [-0.15, -0.1) is 0 Å². The van der Waals surface area contributed by atoms with E-state index in [1.165, 1.54) is 4.68 Å². The number of aromatic nitrogens is 7. The van der Waals surface area contributed by atoms with Crippen molar-refractivity contribution in [2.24, 2.45) is 0 Å². The van der Waals surface area contributed by atoms with Crippen LogP contribution in [0.2, 0.25) is 0 Å². The van der Waals surface area contributed by atoms with Crippen molar-refractivity contribution in [3.05, 3.63) is 29.2 Å². The van der Waals surface area contributed by atoms with Gasteiger partial charge in [0.05, 0.1) is 11.4 Å². The first-order valence-corrected chi connectivity index (χ1v) is 9.38. The van der Waals surface area contributed by atoms with Crippen molar-refractivity contribution in [2.75, 3.05) is 11.5 Å². The van der Waals surface area contributed by atoms with E-state index < -0.39 is 0 Å². The molecule has 0 aliphatic carbocycles. The van der Waals surface area contributed by atoms with Gasteiger partial charge >= 0.3 is 0 Å². The molecule has 0 unspecified atom stereocenters. The van der Waals surface area contributed by atoms with Gasteiger partial charge in [0.1, 0.15) is 5.82 Å². The molecule has 0 aromatic carbocycles. The van der Waals surface area contributed by atoms with Gasteiger partial charge in [-0.2, -0.15) is 29.8 Å². The molecular weight excluding hydrogens is 354 g/mol. The molecule has 150 valence electrons. The Labute approximate surface area is 165 Å². The second kappa shape index (κ2) is 6.57. The summed E-state index contributed by atoms with van der Waals surface area (Å²) >= 11 is 0. The molecule has 0 bridgehead atoms. The second-order valence-corrected chi connectivity index (χ2v) is 8.95. The number of nitrogens with zero attached hydrogens (tertiary/aromatic N) is 7. The van der Waals surface area contributed by atoms with Crippen LogP contribution < -0.4 is 11.5 Å². The summed E-state index contributed by atoms with van der Waals surface area (Å²) in [5.41, 5.74) is 14.7. The molecule has 3 aromatic rings. The van der Waals surface area contributed by atoms with E-state index in [0.717, 1.165) is 23.5 Å². The molecule has 0 spiro atoms. The molecule has 0 aliphatic heterocycles. The van der Waals surface area contributed by atoms with Crippen molar-refractivity contribution in [2.45, 2.75) is 65.7 Å². The summed E-state index contributed by atoms with van der Waals surface area (Å²) in [6, 6.07) is 3.89. The van der Waals surface area contributed by atoms with E-state index in [1.807, 2.05) is 6.07 Å². The summed E-state index contributed by atoms with van der Waals surface area (Å²) in [7, 11) is 0. The molecule has 3 rings (SSSR count). The zero-order valence-corrected chi connectivity index (χ0v) is 17.6. The number of anilines is 2. The van der Waals surface area contributed by atoms with Gasteiger partial charge in [0.2, 0.25) is 5.95 Å². The van der Waals surface area contributed by atoms with Crippen LogP contribution in [0.4, 0.5) is 11.8 Å². The summed E-state index contributed by atoms with van der Waals surface area (Å²) in [6.45, 7) is 14.6. The normalized spacial score (nSPS) is 12.5. The van der Waals surface area contributed by atoms with Crippen molar-refractivity contribution >= 4 is 11.8 Å². The number of aryl methyl sites for hydroxylation is 1. The van der Waals surface area contributed by atoms with E-state index >= 15 is 0 Å². The zero-order valence-electron chi connectivity index (χ0n) is 17.6. The van der Waals surface area contributed by atoms with Crippen LogP contribution in [0.15, 0.2) is 12.1 Å². The van der Waals surface area contributed by atoms with Crippen molar-refractivity contribution in [3.63, 3.8) is 0 Å². The lowest BCUT2D eigenvalue weighted by Gasteiger charge is -2.14. The number of hydrogen-bond donors (Lipinski definition) is 2. The van der Waals surface area contributed by atoms with E-state index in [2.05, 4.69) is 74.6 Å². The minimum atomic E-state index is -0.153. The average Bonchev–Trinajstić information content (AvgIpc) is 3.17. The van der Waals surface area contributed by atoms with Gasteiger partial charge in [-0.25, -0.2) is 4.68 Å². The third kappa shape index (κ3) is 3.69. The van der Waals surface area contributed by atoms with Gasteiger partial charge in [0, 0.05) is 22.6 Å². The topological polar surface area (TPSA) is 126 Å². The lowest BCUT2D eigenvalue weighted by molar-refractivity contribution is 0.555. The fourth-order valence-corrected chi connectivity index (χ4v) is 2.69. The molecule has 0 aliphatic rings. The highest BCUT2D eigenvalue weighted by molar-refractivity contribution is 5.41. The highest BCUT2D eigenvalue weighted by Crippen LogP contribution is 2.25. The first-order valence-electron chi connectivity index (χ1n) is 9.38. The molecule has 0 saturated heterocycles. The van der Waals surface area contributed by atoms with Crippen LogP contribution in [0.3, 0.4) is 0 Å². The largest absolute Gasteiger partial charge is 0.383 e. The van der Waals surface area contributed by atoms with Gasteiger partial charge in [-0.05, 0) is 12.5 Å². The third-order valence-corrected chi connectivity index (χ3v) is 4.43. The van der Waals surface area contributed by atoms with E-state index in [0.29, 0.717) is 11.8 Å². The lowest BCUT2D eigenvalue weighted by Crippen LogP contribution is -2.17. The van der Waals surface area contributed by atoms with Crippen LogP contribution in [0.25, 0.3) is 11.9 Å². The Balaban J connectivity index is 2.14. The van der Waals surface area contributed by atoms with E-state index in [1.54, 1.807) is 4.68 Å². The Hall–Kier alpha value is -2.97. The Morgan fingerprint density at radius 3 is 1.79 bits per heavy atom. The molecule has 0 amide bonds. The maximum atomic E-state index is 6.16. The summed E-state index contributed by atoms with van der Waals surface area (Å²) in [4.78, 5) is 13.1. The predicted molar refractivity (Wildman–Crippen MR) is 110 cm³/mol. The van der Waals surface area contributed by atoms with Crippen molar-refractivity contribution in [1.29, 1.82) is 0 Å². The van der Waals surface area contributed by atoms with E-state index in [9.17, 15) is 0 Å². The summed E-state index contributed by atoms with van der Waals surface area (Å²) in [5.74, 6) is 1.14. The van der Waals surface area contributed by atoms with Crippen LogP contribution >= 0.6 is 0 Å². The first-order chi connectivity index (χ1) is 12.9. The fraction of sp³-hybridized carbons (Fsp3) is 0.526. The molecule has 0 fully saturated rings. The molecule has 3 aromatic heterocycles. The minimum absolute atomic E-state index is 0.0853. The highest BCUT2D eigenvalue weighted by Gasteiger charge is 2.23. The SMILES string of the molecule is CCc1cc(C(C)(C)C)nn1-c1nc(N)nc(-n2nc(C(C)(C)C)cc2N)n1. The lowest BCUT2D eigenvalue weighted by atomic mass is 9.92. The summed E-state index contributed by atoms with van der Waals surface area (Å²) in [5, 5.41) is 9.28. The highest BCUT2D eigenvalue weighted by atomic mass is 15.4. The third-order valence-electron chi connectivity index (χ3n) is 4.43. The molecule has 9 heteroatoms. The van der Waals surface area contributed by atoms with Gasteiger partial charge in [0.15, 0.2) is 0 Å². The first kappa shape index (κ1) is 19.8. The maximum absolute atomic E-state index is 6.16. The average molecular weight is 384 g/mol. The fourth-order valence-electron chi connectivity index (χ4n) is 2.69. The minimum Gasteiger partial charge on any atom is -0.383 e. The van der Waals surface area contributed by atoms with Crippen LogP contribution in [0, 0.1) is 0 Å². The predicted octanol–water partition coefficient (Wildman–Crippen LogP) is 2.56. The number of hydrogen-bond acceptors (Lipinski definition) is 7. The smallest absolute Gasteiger partial charge is 0.259 e. The van der Waals surface area contributed by atoms with Crippen molar-refractivity contribution in [1.82, 2.24) is 34.5 Å². The standard InChI is InChI=1S/C19H29N9/c1-8-11-9-12(18(2,3)4)25-27(11)16-22-15(21)23-17(24-16)28-14(20)10-13(26-28)19(5,6)7/h9-10H,8,20H2,1-7H3,(H2,21,22,23,24). The number of nitrogens with two attached hydrogens (primary N) is 2.